The Morgan fingerprint density at radius 3 is 2.70 bits per heavy atom. The van der Waals surface area contributed by atoms with Crippen LogP contribution < -0.4 is 5.32 Å². The Morgan fingerprint density at radius 1 is 1.25 bits per heavy atom. The van der Waals surface area contributed by atoms with Crippen molar-refractivity contribution in [3.8, 4) is 0 Å². The SMILES string of the molecule is Cc1cc(F)c(NCc2ncnn2CC(C)C)cc1F. The van der Waals surface area contributed by atoms with Crippen LogP contribution in [0.1, 0.15) is 25.2 Å². The van der Waals surface area contributed by atoms with Crippen molar-refractivity contribution in [2.24, 2.45) is 5.92 Å². The highest BCUT2D eigenvalue weighted by Gasteiger charge is 2.10. The predicted octanol–water partition coefficient (Wildman–Crippen LogP) is 3.13. The first kappa shape index (κ1) is 14.4. The van der Waals surface area contributed by atoms with E-state index in [1.165, 1.54) is 19.3 Å². The predicted molar refractivity (Wildman–Crippen MR) is 73.3 cm³/mol. The summed E-state index contributed by atoms with van der Waals surface area (Å²) in [6, 6.07) is 2.34. The molecule has 0 aliphatic rings. The van der Waals surface area contributed by atoms with Crippen molar-refractivity contribution < 1.29 is 8.78 Å². The summed E-state index contributed by atoms with van der Waals surface area (Å²) in [6.07, 6.45) is 1.46. The Morgan fingerprint density at radius 2 is 2.00 bits per heavy atom. The van der Waals surface area contributed by atoms with E-state index < -0.39 is 11.6 Å². The van der Waals surface area contributed by atoms with Crippen molar-refractivity contribution in [2.75, 3.05) is 5.32 Å². The molecule has 0 spiro atoms. The Kier molecular flexibility index (Phi) is 4.32. The third-order valence-corrected chi connectivity index (χ3v) is 2.92. The molecule has 0 atom stereocenters. The number of hydrogen-bond acceptors (Lipinski definition) is 3. The van der Waals surface area contributed by atoms with Gasteiger partial charge in [0.15, 0.2) is 0 Å². The monoisotopic (exact) mass is 280 g/mol. The Bertz CT molecular complexity index is 593. The molecule has 0 amide bonds. The second kappa shape index (κ2) is 5.98. The van der Waals surface area contributed by atoms with Gasteiger partial charge in [0.25, 0.3) is 0 Å². The van der Waals surface area contributed by atoms with Crippen LogP contribution >= 0.6 is 0 Å². The molecule has 0 fully saturated rings. The smallest absolute Gasteiger partial charge is 0.146 e. The van der Waals surface area contributed by atoms with E-state index in [1.54, 1.807) is 4.68 Å². The lowest BCUT2D eigenvalue weighted by Crippen LogP contribution is -2.13. The maximum absolute atomic E-state index is 13.7. The number of aryl methyl sites for hydroxylation is 1. The number of rotatable bonds is 5. The number of nitrogens with zero attached hydrogens (tertiary/aromatic N) is 3. The van der Waals surface area contributed by atoms with Crippen LogP contribution in [0.5, 0.6) is 0 Å². The zero-order chi connectivity index (χ0) is 14.7. The van der Waals surface area contributed by atoms with Crippen LogP contribution in [0.2, 0.25) is 0 Å². The Labute approximate surface area is 116 Å². The number of anilines is 1. The summed E-state index contributed by atoms with van der Waals surface area (Å²) >= 11 is 0. The maximum Gasteiger partial charge on any atom is 0.146 e. The minimum atomic E-state index is -0.473. The molecule has 20 heavy (non-hydrogen) atoms. The van der Waals surface area contributed by atoms with Gasteiger partial charge in [0.1, 0.15) is 23.8 Å². The Hall–Kier alpha value is -1.98. The number of hydrogen-bond donors (Lipinski definition) is 1. The summed E-state index contributed by atoms with van der Waals surface area (Å²) < 4.78 is 28.9. The molecule has 2 aromatic rings. The summed E-state index contributed by atoms with van der Waals surface area (Å²) in [5.74, 6) is 0.222. The van der Waals surface area contributed by atoms with Gasteiger partial charge in [0.2, 0.25) is 0 Å². The van der Waals surface area contributed by atoms with Crippen molar-refractivity contribution in [3.05, 3.63) is 41.5 Å². The third kappa shape index (κ3) is 3.31. The zero-order valence-electron chi connectivity index (χ0n) is 11.8. The minimum absolute atomic E-state index is 0.132. The van der Waals surface area contributed by atoms with Crippen LogP contribution in [0, 0.1) is 24.5 Å². The number of halogens is 2. The molecule has 108 valence electrons. The van der Waals surface area contributed by atoms with Gasteiger partial charge >= 0.3 is 0 Å². The summed E-state index contributed by atoms with van der Waals surface area (Å²) in [5, 5.41) is 6.98. The van der Waals surface area contributed by atoms with E-state index in [2.05, 4.69) is 29.2 Å². The first-order valence-electron chi connectivity index (χ1n) is 6.53. The fraction of sp³-hybridized carbons (Fsp3) is 0.429. The van der Waals surface area contributed by atoms with Gasteiger partial charge in [-0.2, -0.15) is 5.10 Å². The van der Waals surface area contributed by atoms with Crippen molar-refractivity contribution in [3.63, 3.8) is 0 Å². The molecule has 6 heteroatoms. The highest BCUT2D eigenvalue weighted by atomic mass is 19.1. The van der Waals surface area contributed by atoms with E-state index in [4.69, 9.17) is 0 Å². The van der Waals surface area contributed by atoms with E-state index >= 15 is 0 Å². The number of aromatic nitrogens is 3. The first-order chi connectivity index (χ1) is 9.47. The van der Waals surface area contributed by atoms with Crippen LogP contribution in [0.25, 0.3) is 0 Å². The average Bonchev–Trinajstić information content (AvgIpc) is 2.79. The molecule has 0 aliphatic heterocycles. The molecular weight excluding hydrogens is 262 g/mol. The number of nitrogens with one attached hydrogen (secondary N) is 1. The fourth-order valence-corrected chi connectivity index (χ4v) is 1.88. The molecule has 2 rings (SSSR count). The highest BCUT2D eigenvalue weighted by Crippen LogP contribution is 2.19. The van der Waals surface area contributed by atoms with E-state index in [9.17, 15) is 8.78 Å². The standard InChI is InChI=1S/C14H18F2N4/c1-9(2)7-20-14(18-8-19-20)6-17-13-5-11(15)10(3)4-12(13)16/h4-5,8-9,17H,6-7H2,1-3H3. The summed E-state index contributed by atoms with van der Waals surface area (Å²) in [6.45, 7) is 6.72. The Balaban J connectivity index is 2.09. The van der Waals surface area contributed by atoms with Gasteiger partial charge < -0.3 is 5.32 Å². The van der Waals surface area contributed by atoms with E-state index in [0.717, 1.165) is 12.6 Å². The lowest BCUT2D eigenvalue weighted by molar-refractivity contribution is 0.468. The van der Waals surface area contributed by atoms with Crippen LogP contribution in [-0.4, -0.2) is 14.8 Å². The summed E-state index contributed by atoms with van der Waals surface area (Å²) in [4.78, 5) is 4.13. The lowest BCUT2D eigenvalue weighted by atomic mass is 10.2. The lowest BCUT2D eigenvalue weighted by Gasteiger charge is -2.11. The van der Waals surface area contributed by atoms with E-state index in [0.29, 0.717) is 18.3 Å². The van der Waals surface area contributed by atoms with Gasteiger partial charge in [0, 0.05) is 12.6 Å². The van der Waals surface area contributed by atoms with Crippen LogP contribution in [0.3, 0.4) is 0 Å². The van der Waals surface area contributed by atoms with Crippen molar-refractivity contribution in [1.29, 1.82) is 0 Å². The van der Waals surface area contributed by atoms with Crippen LogP contribution in [-0.2, 0) is 13.1 Å². The third-order valence-electron chi connectivity index (χ3n) is 2.92. The molecule has 0 unspecified atom stereocenters. The molecular formula is C14H18F2N4. The highest BCUT2D eigenvalue weighted by molar-refractivity contribution is 5.46. The summed E-state index contributed by atoms with van der Waals surface area (Å²) in [5.41, 5.74) is 0.420. The quantitative estimate of drug-likeness (QED) is 0.915. The molecule has 1 aromatic heterocycles. The number of benzene rings is 1. The second-order valence-electron chi connectivity index (χ2n) is 5.19. The normalized spacial score (nSPS) is 11.1. The fourth-order valence-electron chi connectivity index (χ4n) is 1.88. The molecule has 0 saturated heterocycles. The molecule has 1 aromatic carbocycles. The van der Waals surface area contributed by atoms with Gasteiger partial charge in [-0.25, -0.2) is 18.4 Å². The van der Waals surface area contributed by atoms with Crippen LogP contribution in [0.4, 0.5) is 14.5 Å². The van der Waals surface area contributed by atoms with Gasteiger partial charge in [-0.15, -0.1) is 0 Å². The van der Waals surface area contributed by atoms with Gasteiger partial charge in [-0.1, -0.05) is 13.8 Å². The summed E-state index contributed by atoms with van der Waals surface area (Å²) in [7, 11) is 0. The largest absolute Gasteiger partial charge is 0.375 e. The molecule has 0 saturated carbocycles. The second-order valence-corrected chi connectivity index (χ2v) is 5.19. The van der Waals surface area contributed by atoms with Gasteiger partial charge in [-0.05, 0) is 24.5 Å². The van der Waals surface area contributed by atoms with E-state index in [1.807, 2.05) is 0 Å². The maximum atomic E-state index is 13.7. The van der Waals surface area contributed by atoms with Crippen LogP contribution in [0.15, 0.2) is 18.5 Å². The van der Waals surface area contributed by atoms with E-state index in [-0.39, 0.29) is 11.3 Å². The minimum Gasteiger partial charge on any atom is -0.375 e. The first-order valence-corrected chi connectivity index (χ1v) is 6.53. The van der Waals surface area contributed by atoms with Crippen molar-refractivity contribution >= 4 is 5.69 Å². The molecule has 0 bridgehead atoms. The molecule has 1 heterocycles. The zero-order valence-corrected chi connectivity index (χ0v) is 11.8. The molecule has 1 N–H and O–H groups in total. The van der Waals surface area contributed by atoms with Gasteiger partial charge in [-0.3, -0.25) is 0 Å². The van der Waals surface area contributed by atoms with Crippen molar-refractivity contribution in [1.82, 2.24) is 14.8 Å². The van der Waals surface area contributed by atoms with Crippen molar-refractivity contribution in [2.45, 2.75) is 33.9 Å². The topological polar surface area (TPSA) is 42.7 Å². The molecule has 0 radical (unpaired) electrons. The molecule has 4 nitrogen and oxygen atoms in total. The van der Waals surface area contributed by atoms with Gasteiger partial charge in [0.05, 0.1) is 12.2 Å². The average molecular weight is 280 g/mol. The molecule has 0 aliphatic carbocycles.